The molecule has 2 rings (SSSR count). The van der Waals surface area contributed by atoms with Gasteiger partial charge in [-0.25, -0.2) is 0 Å². The highest BCUT2D eigenvalue weighted by molar-refractivity contribution is 9.10. The third-order valence-corrected chi connectivity index (χ3v) is 4.90. The van der Waals surface area contributed by atoms with Crippen LogP contribution in [0.5, 0.6) is 11.5 Å². The van der Waals surface area contributed by atoms with Gasteiger partial charge in [-0.1, -0.05) is 49.5 Å². The first-order valence-corrected chi connectivity index (χ1v) is 8.09. The van der Waals surface area contributed by atoms with Crippen molar-refractivity contribution in [3.05, 3.63) is 56.5 Å². The van der Waals surface area contributed by atoms with Crippen molar-refractivity contribution in [2.24, 2.45) is 0 Å². The molecule has 0 atom stereocenters. The van der Waals surface area contributed by atoms with E-state index < -0.39 is 0 Å². The van der Waals surface area contributed by atoms with Gasteiger partial charge in [-0.05, 0) is 49.2 Å². The van der Waals surface area contributed by atoms with Crippen molar-refractivity contribution in [1.29, 1.82) is 0 Å². The Morgan fingerprint density at radius 2 is 1.74 bits per heavy atom. The molecule has 0 saturated heterocycles. The van der Waals surface area contributed by atoms with Gasteiger partial charge >= 0.3 is 0 Å². The Kier molecular flexibility index (Phi) is 4.93. The van der Waals surface area contributed by atoms with Crippen molar-refractivity contribution in [2.75, 3.05) is 0 Å². The van der Waals surface area contributed by atoms with Gasteiger partial charge in [0.25, 0.3) is 0 Å². The topological polar surface area (TPSA) is 9.23 Å². The molecule has 0 saturated carbocycles. The van der Waals surface area contributed by atoms with E-state index in [1.54, 1.807) is 0 Å². The smallest absolute Gasteiger partial charge is 0.132 e. The highest BCUT2D eigenvalue weighted by Gasteiger charge is 2.08. The Hall–Kier alpha value is -0.510. The van der Waals surface area contributed by atoms with Crippen molar-refractivity contribution in [3.8, 4) is 11.5 Å². The molecule has 0 bridgehead atoms. The van der Waals surface area contributed by atoms with E-state index in [4.69, 9.17) is 16.3 Å². The number of hydrogen-bond acceptors (Lipinski definition) is 1. The summed E-state index contributed by atoms with van der Waals surface area (Å²) in [6.45, 7) is 4.10. The molecule has 0 unspecified atom stereocenters. The standard InChI is InChI=1S/C15H13Br2ClO/c1-9-5-13(6-10(2)15(9)17)19-14-7-12(18)4-3-11(14)8-16/h3-7H,8H2,1-2H3. The molecule has 0 aliphatic heterocycles. The predicted molar refractivity (Wildman–Crippen MR) is 87.8 cm³/mol. The number of halogens is 3. The van der Waals surface area contributed by atoms with Crippen LogP contribution in [0.1, 0.15) is 16.7 Å². The fraction of sp³-hybridized carbons (Fsp3) is 0.200. The summed E-state index contributed by atoms with van der Waals surface area (Å²) >= 11 is 13.0. The third-order valence-electron chi connectivity index (χ3n) is 2.81. The van der Waals surface area contributed by atoms with Crippen LogP contribution in [-0.4, -0.2) is 0 Å². The number of alkyl halides is 1. The molecule has 0 aliphatic rings. The molecule has 2 aromatic rings. The quantitative estimate of drug-likeness (QED) is 0.537. The average molecular weight is 405 g/mol. The molecule has 0 aliphatic carbocycles. The lowest BCUT2D eigenvalue weighted by atomic mass is 10.1. The summed E-state index contributed by atoms with van der Waals surface area (Å²) < 4.78 is 7.08. The molecule has 0 aromatic heterocycles. The van der Waals surface area contributed by atoms with E-state index in [9.17, 15) is 0 Å². The first kappa shape index (κ1) is 14.9. The third kappa shape index (κ3) is 3.53. The Morgan fingerprint density at radius 3 is 2.32 bits per heavy atom. The van der Waals surface area contributed by atoms with Crippen molar-refractivity contribution in [2.45, 2.75) is 19.2 Å². The molecular formula is C15H13Br2ClO. The summed E-state index contributed by atoms with van der Waals surface area (Å²) in [5.41, 5.74) is 3.37. The maximum atomic E-state index is 6.02. The number of benzene rings is 2. The SMILES string of the molecule is Cc1cc(Oc2cc(Cl)ccc2CBr)cc(C)c1Br. The Bertz CT molecular complexity index is 588. The van der Waals surface area contributed by atoms with Crippen LogP contribution in [0.2, 0.25) is 5.02 Å². The first-order chi connectivity index (χ1) is 9.01. The van der Waals surface area contributed by atoms with Crippen LogP contribution in [0.15, 0.2) is 34.8 Å². The molecule has 100 valence electrons. The number of hydrogen-bond donors (Lipinski definition) is 0. The Morgan fingerprint density at radius 1 is 1.11 bits per heavy atom. The lowest BCUT2D eigenvalue weighted by Gasteiger charge is -2.12. The van der Waals surface area contributed by atoms with Gasteiger partial charge in [0, 0.05) is 20.4 Å². The van der Waals surface area contributed by atoms with Crippen molar-refractivity contribution in [3.63, 3.8) is 0 Å². The second-order valence-electron chi connectivity index (χ2n) is 4.36. The van der Waals surface area contributed by atoms with Gasteiger partial charge < -0.3 is 4.74 Å². The fourth-order valence-electron chi connectivity index (χ4n) is 1.83. The summed E-state index contributed by atoms with van der Waals surface area (Å²) in [7, 11) is 0. The van der Waals surface area contributed by atoms with Gasteiger partial charge in [0.15, 0.2) is 0 Å². The van der Waals surface area contributed by atoms with E-state index in [-0.39, 0.29) is 0 Å². The van der Waals surface area contributed by atoms with Crippen LogP contribution in [0.4, 0.5) is 0 Å². The van der Waals surface area contributed by atoms with Crippen LogP contribution in [-0.2, 0) is 5.33 Å². The molecule has 0 heterocycles. The average Bonchev–Trinajstić information content (AvgIpc) is 2.36. The number of ether oxygens (including phenoxy) is 1. The van der Waals surface area contributed by atoms with Gasteiger partial charge in [-0.15, -0.1) is 0 Å². The van der Waals surface area contributed by atoms with Crippen LogP contribution in [0, 0.1) is 13.8 Å². The van der Waals surface area contributed by atoms with Crippen LogP contribution >= 0.6 is 43.5 Å². The monoisotopic (exact) mass is 402 g/mol. The minimum Gasteiger partial charge on any atom is -0.457 e. The van der Waals surface area contributed by atoms with Crippen LogP contribution < -0.4 is 4.74 Å². The maximum Gasteiger partial charge on any atom is 0.132 e. The molecule has 0 N–H and O–H groups in total. The summed E-state index contributed by atoms with van der Waals surface area (Å²) in [5, 5.41) is 1.40. The predicted octanol–water partition coefficient (Wildman–Crippen LogP) is 6.41. The van der Waals surface area contributed by atoms with Crippen molar-refractivity contribution >= 4 is 43.5 Å². The first-order valence-electron chi connectivity index (χ1n) is 5.80. The summed E-state index contributed by atoms with van der Waals surface area (Å²) in [6, 6.07) is 9.69. The normalized spacial score (nSPS) is 10.6. The van der Waals surface area contributed by atoms with Gasteiger partial charge in [0.05, 0.1) is 0 Å². The van der Waals surface area contributed by atoms with Crippen LogP contribution in [0.25, 0.3) is 0 Å². The minimum absolute atomic E-state index is 0.672. The molecule has 4 heteroatoms. The molecule has 0 amide bonds. The Labute approximate surface area is 135 Å². The van der Waals surface area contributed by atoms with E-state index in [0.29, 0.717) is 5.02 Å². The summed E-state index contributed by atoms with van der Waals surface area (Å²) in [6.07, 6.45) is 0. The summed E-state index contributed by atoms with van der Waals surface area (Å²) in [5.74, 6) is 1.60. The van der Waals surface area contributed by atoms with E-state index in [1.165, 1.54) is 0 Å². The largest absolute Gasteiger partial charge is 0.457 e. The lowest BCUT2D eigenvalue weighted by Crippen LogP contribution is -1.92. The molecule has 19 heavy (non-hydrogen) atoms. The van der Waals surface area contributed by atoms with Crippen LogP contribution in [0.3, 0.4) is 0 Å². The van der Waals surface area contributed by atoms with E-state index in [2.05, 4.69) is 31.9 Å². The van der Waals surface area contributed by atoms with E-state index >= 15 is 0 Å². The van der Waals surface area contributed by atoms with E-state index in [1.807, 2.05) is 44.2 Å². The highest BCUT2D eigenvalue weighted by atomic mass is 79.9. The van der Waals surface area contributed by atoms with E-state index in [0.717, 1.165) is 38.0 Å². The molecule has 1 nitrogen and oxygen atoms in total. The van der Waals surface area contributed by atoms with Gasteiger partial charge in [0.2, 0.25) is 0 Å². The van der Waals surface area contributed by atoms with Crippen molar-refractivity contribution in [1.82, 2.24) is 0 Å². The zero-order chi connectivity index (χ0) is 14.0. The molecular weight excluding hydrogens is 391 g/mol. The second kappa shape index (κ2) is 6.29. The summed E-state index contributed by atoms with van der Waals surface area (Å²) in [4.78, 5) is 0. The van der Waals surface area contributed by atoms with Crippen molar-refractivity contribution < 1.29 is 4.74 Å². The zero-order valence-electron chi connectivity index (χ0n) is 10.6. The number of rotatable bonds is 3. The molecule has 0 spiro atoms. The maximum absolute atomic E-state index is 6.02. The van der Waals surface area contributed by atoms with Gasteiger partial charge in [-0.3, -0.25) is 0 Å². The molecule has 2 aromatic carbocycles. The fourth-order valence-corrected chi connectivity index (χ4v) is 2.68. The lowest BCUT2D eigenvalue weighted by molar-refractivity contribution is 0.477. The minimum atomic E-state index is 0.672. The zero-order valence-corrected chi connectivity index (χ0v) is 14.6. The van der Waals surface area contributed by atoms with Gasteiger partial charge in [0.1, 0.15) is 11.5 Å². The molecule has 0 fully saturated rings. The highest BCUT2D eigenvalue weighted by Crippen LogP contribution is 2.33. The Balaban J connectivity index is 2.38. The van der Waals surface area contributed by atoms with Gasteiger partial charge in [-0.2, -0.15) is 0 Å². The molecule has 0 radical (unpaired) electrons. The number of aryl methyl sites for hydroxylation is 2. The second-order valence-corrected chi connectivity index (χ2v) is 6.15.